The Hall–Kier alpha value is -2.05. The van der Waals surface area contributed by atoms with Gasteiger partial charge in [-0.2, -0.15) is 4.79 Å². The van der Waals surface area contributed by atoms with Crippen molar-refractivity contribution in [1.29, 1.82) is 0 Å². The van der Waals surface area contributed by atoms with E-state index in [9.17, 15) is 19.5 Å². The number of ketones is 1. The van der Waals surface area contributed by atoms with E-state index in [-0.39, 0.29) is 12.8 Å². The molecule has 1 unspecified atom stereocenters. The van der Waals surface area contributed by atoms with Crippen LogP contribution in [0.5, 0.6) is 0 Å². The van der Waals surface area contributed by atoms with Crippen LogP contribution in [0.2, 0.25) is 0 Å². The Morgan fingerprint density at radius 2 is 2.05 bits per heavy atom. The molecule has 0 aromatic rings. The van der Waals surface area contributed by atoms with E-state index in [2.05, 4.69) is 10.1 Å². The molecule has 0 rings (SSSR count). The Balaban J connectivity index is 5.10. The zero-order valence-electron chi connectivity index (χ0n) is 15.8. The van der Waals surface area contributed by atoms with Crippen LogP contribution in [-0.4, -0.2) is 52.0 Å². The van der Waals surface area contributed by atoms with Gasteiger partial charge in [0.2, 0.25) is 11.7 Å². The van der Waals surface area contributed by atoms with Crippen molar-refractivity contribution in [3.05, 3.63) is 5.53 Å². The number of rotatable bonds is 9. The standard InChI is InChI=1S/C14H23N3O5/c1-8(2)12(19)13(20)17-11(14(21)22-9(3)4)6-5-10(18)7-16-15/h7-9,11-12,19H,5-6H2,1-4H3,(H,17,20)/t11-,12-/m0/s1/i3D3/t9?,11-,12-. The van der Waals surface area contributed by atoms with Gasteiger partial charge in [-0.15, -0.1) is 0 Å². The number of aliphatic hydroxyl groups excluding tert-OH is 1. The van der Waals surface area contributed by atoms with Crippen LogP contribution < -0.4 is 5.32 Å². The number of nitrogens with one attached hydrogen (secondary N) is 1. The molecule has 0 aliphatic carbocycles. The monoisotopic (exact) mass is 316 g/mol. The summed E-state index contributed by atoms with van der Waals surface area (Å²) in [6.07, 6.45) is -2.63. The highest BCUT2D eigenvalue weighted by atomic mass is 16.5. The summed E-state index contributed by atoms with van der Waals surface area (Å²) >= 11 is 0. The smallest absolute Gasteiger partial charge is 0.328 e. The molecule has 8 heteroatoms. The highest BCUT2D eigenvalue weighted by Gasteiger charge is 2.28. The number of carbonyl (C=O) groups is 3. The predicted octanol–water partition coefficient (Wildman–Crippen LogP) is 0.0896. The third kappa shape index (κ3) is 7.66. The highest BCUT2D eigenvalue weighted by Crippen LogP contribution is 2.06. The summed E-state index contributed by atoms with van der Waals surface area (Å²) in [5, 5.41) is 12.0. The maximum atomic E-state index is 12.1. The van der Waals surface area contributed by atoms with Gasteiger partial charge in [-0.1, -0.05) is 13.8 Å². The van der Waals surface area contributed by atoms with E-state index in [1.54, 1.807) is 13.8 Å². The number of nitrogens with zero attached hydrogens (tertiary/aromatic N) is 2. The second-order valence-electron chi connectivity index (χ2n) is 5.08. The molecular weight excluding hydrogens is 290 g/mol. The zero-order chi connectivity index (χ0) is 19.8. The number of esters is 1. The molecule has 0 radical (unpaired) electrons. The second kappa shape index (κ2) is 9.81. The van der Waals surface area contributed by atoms with Gasteiger partial charge in [-0.3, -0.25) is 9.59 Å². The lowest BCUT2D eigenvalue weighted by Crippen LogP contribution is -2.48. The van der Waals surface area contributed by atoms with E-state index in [1.165, 1.54) is 6.92 Å². The molecular formula is C14H23N3O5. The largest absolute Gasteiger partial charge is 0.461 e. The molecule has 0 aromatic heterocycles. The topological polar surface area (TPSA) is 129 Å². The van der Waals surface area contributed by atoms with Crippen molar-refractivity contribution < 1.29 is 33.1 Å². The average molecular weight is 316 g/mol. The van der Waals surface area contributed by atoms with Crippen LogP contribution in [-0.2, 0) is 19.1 Å². The van der Waals surface area contributed by atoms with Gasteiger partial charge in [-0.25, -0.2) is 4.79 Å². The summed E-state index contributed by atoms with van der Waals surface area (Å²) in [5.41, 5.74) is 8.29. The molecule has 1 amide bonds. The molecule has 124 valence electrons. The average Bonchev–Trinajstić information content (AvgIpc) is 2.49. The number of hydrogen-bond donors (Lipinski definition) is 2. The van der Waals surface area contributed by atoms with E-state index in [4.69, 9.17) is 14.4 Å². The highest BCUT2D eigenvalue weighted by molar-refractivity contribution is 6.25. The first-order valence-electron chi connectivity index (χ1n) is 8.29. The lowest BCUT2D eigenvalue weighted by atomic mass is 10.0. The summed E-state index contributed by atoms with van der Waals surface area (Å²) < 4.78 is 26.4. The number of carbonyl (C=O) groups excluding carboxylic acids is 3. The predicted molar refractivity (Wildman–Crippen MR) is 77.9 cm³/mol. The summed E-state index contributed by atoms with van der Waals surface area (Å²) in [6.45, 7) is 1.82. The Bertz CT molecular complexity index is 544. The van der Waals surface area contributed by atoms with Crippen molar-refractivity contribution >= 4 is 23.9 Å². The first kappa shape index (κ1) is 14.9. The van der Waals surface area contributed by atoms with Gasteiger partial charge in [0.15, 0.2) is 0 Å². The van der Waals surface area contributed by atoms with Gasteiger partial charge in [-0.05, 0) is 26.1 Å². The number of ether oxygens (including phenoxy) is 1. The quantitative estimate of drug-likeness (QED) is 0.269. The molecule has 0 aromatic carbocycles. The van der Waals surface area contributed by atoms with Crippen molar-refractivity contribution in [3.63, 3.8) is 0 Å². The van der Waals surface area contributed by atoms with Crippen LogP contribution in [0, 0.1) is 5.92 Å². The van der Waals surface area contributed by atoms with E-state index in [0.29, 0.717) is 6.21 Å². The van der Waals surface area contributed by atoms with E-state index in [0.717, 1.165) is 0 Å². The fourth-order valence-electron chi connectivity index (χ4n) is 1.48. The van der Waals surface area contributed by atoms with Crippen LogP contribution in [0.3, 0.4) is 0 Å². The van der Waals surface area contributed by atoms with E-state index < -0.39 is 48.7 Å². The molecule has 2 N–H and O–H groups in total. The third-order valence-electron chi connectivity index (χ3n) is 2.68. The molecule has 0 fully saturated rings. The number of amides is 1. The van der Waals surface area contributed by atoms with Gasteiger partial charge in [0.05, 0.1) is 6.10 Å². The van der Waals surface area contributed by atoms with Crippen LogP contribution >= 0.6 is 0 Å². The molecule has 0 saturated heterocycles. The van der Waals surface area contributed by atoms with Gasteiger partial charge in [0, 0.05) is 10.5 Å². The first-order valence-corrected chi connectivity index (χ1v) is 6.79. The van der Waals surface area contributed by atoms with Crippen molar-refractivity contribution in [3.8, 4) is 0 Å². The summed E-state index contributed by atoms with van der Waals surface area (Å²) in [4.78, 5) is 38.0. The Labute approximate surface area is 133 Å². The summed E-state index contributed by atoms with van der Waals surface area (Å²) in [7, 11) is 0. The first-order chi connectivity index (χ1) is 11.4. The van der Waals surface area contributed by atoms with Crippen molar-refractivity contribution in [2.45, 2.75) is 58.7 Å². The molecule has 8 nitrogen and oxygen atoms in total. The molecule has 0 bridgehead atoms. The maximum absolute atomic E-state index is 12.1. The van der Waals surface area contributed by atoms with Crippen LogP contribution in [0.15, 0.2) is 0 Å². The molecule has 22 heavy (non-hydrogen) atoms. The van der Waals surface area contributed by atoms with Crippen molar-refractivity contribution in [1.82, 2.24) is 5.32 Å². The fourth-order valence-corrected chi connectivity index (χ4v) is 1.48. The van der Waals surface area contributed by atoms with Gasteiger partial charge in [0.1, 0.15) is 12.1 Å². The van der Waals surface area contributed by atoms with Gasteiger partial charge in [0.25, 0.3) is 0 Å². The van der Waals surface area contributed by atoms with Crippen LogP contribution in [0.25, 0.3) is 5.53 Å². The summed E-state index contributed by atoms with van der Waals surface area (Å²) in [5.74, 6) is -2.91. The third-order valence-corrected chi connectivity index (χ3v) is 2.68. The van der Waals surface area contributed by atoms with E-state index >= 15 is 0 Å². The molecule has 0 aliphatic rings. The zero-order valence-corrected chi connectivity index (χ0v) is 12.8. The molecule has 0 heterocycles. The van der Waals surface area contributed by atoms with Crippen molar-refractivity contribution in [2.75, 3.05) is 0 Å². The minimum atomic E-state index is -2.54. The van der Waals surface area contributed by atoms with Gasteiger partial charge >= 0.3 is 12.2 Å². The van der Waals surface area contributed by atoms with Gasteiger partial charge < -0.3 is 20.7 Å². The molecule has 0 saturated carbocycles. The van der Waals surface area contributed by atoms with Crippen molar-refractivity contribution in [2.24, 2.45) is 5.92 Å². The maximum Gasteiger partial charge on any atom is 0.328 e. The molecule has 0 spiro atoms. The lowest BCUT2D eigenvalue weighted by molar-refractivity contribution is -0.152. The number of aliphatic hydroxyl groups is 1. The van der Waals surface area contributed by atoms with Crippen LogP contribution in [0.1, 0.15) is 44.6 Å². The SMILES string of the molecule is [2H]C([2H])([2H])C(C)OC(=O)[C@H](CCC(=O)C=[N+]=[N-])NC(=O)[C@@H](O)C(C)C. The molecule has 0 aliphatic heterocycles. The Morgan fingerprint density at radius 1 is 1.41 bits per heavy atom. The minimum Gasteiger partial charge on any atom is -0.461 e. The normalized spacial score (nSPS) is 17.0. The Morgan fingerprint density at radius 3 is 2.55 bits per heavy atom. The number of Topliss-reactive ketones (excluding diaryl/α,β-unsaturated/α-hetero) is 1. The number of hydrogen-bond acceptors (Lipinski definition) is 5. The fraction of sp³-hybridized carbons (Fsp3) is 0.714. The lowest BCUT2D eigenvalue weighted by Gasteiger charge is -2.21. The summed E-state index contributed by atoms with van der Waals surface area (Å²) in [6, 6.07) is -1.33. The molecule has 3 atom stereocenters. The van der Waals surface area contributed by atoms with Crippen LogP contribution in [0.4, 0.5) is 0 Å². The second-order valence-corrected chi connectivity index (χ2v) is 5.08. The minimum absolute atomic E-state index is 0.214. The Kier molecular flexibility index (Phi) is 6.63. The van der Waals surface area contributed by atoms with E-state index in [1.807, 2.05) is 0 Å².